The predicted molar refractivity (Wildman–Crippen MR) is 74.7 cm³/mol. The highest BCUT2D eigenvalue weighted by Crippen LogP contribution is 2.38. The number of ether oxygens (including phenoxy) is 1. The maximum atomic E-state index is 6.06. The van der Waals surface area contributed by atoms with Gasteiger partial charge in [0.1, 0.15) is 0 Å². The van der Waals surface area contributed by atoms with Crippen LogP contribution < -0.4 is 5.73 Å². The van der Waals surface area contributed by atoms with Crippen molar-refractivity contribution in [3.63, 3.8) is 0 Å². The molecular formula is C14H27N3O. The highest BCUT2D eigenvalue weighted by molar-refractivity contribution is 5.81. The lowest BCUT2D eigenvalue weighted by Gasteiger charge is -2.38. The Morgan fingerprint density at radius 1 is 1.44 bits per heavy atom. The lowest BCUT2D eigenvalue weighted by atomic mass is 9.88. The van der Waals surface area contributed by atoms with Gasteiger partial charge in [0.25, 0.3) is 0 Å². The molecule has 0 bridgehead atoms. The van der Waals surface area contributed by atoms with Gasteiger partial charge in [-0.05, 0) is 25.2 Å². The zero-order chi connectivity index (χ0) is 13.0. The average molecular weight is 253 g/mol. The van der Waals surface area contributed by atoms with E-state index in [4.69, 9.17) is 10.5 Å². The van der Waals surface area contributed by atoms with E-state index < -0.39 is 0 Å². The van der Waals surface area contributed by atoms with Crippen molar-refractivity contribution in [3.05, 3.63) is 0 Å². The molecule has 4 heteroatoms. The quantitative estimate of drug-likeness (QED) is 0.833. The minimum atomic E-state index is 0.201. The number of nitrogens with two attached hydrogens (primary N) is 1. The third-order valence-corrected chi connectivity index (χ3v) is 4.75. The van der Waals surface area contributed by atoms with Gasteiger partial charge < -0.3 is 15.4 Å². The summed E-state index contributed by atoms with van der Waals surface area (Å²) in [6, 6.07) is 0. The smallest absolute Gasteiger partial charge is 0.191 e. The fourth-order valence-electron chi connectivity index (χ4n) is 3.47. The number of hydrogen-bond acceptors (Lipinski definition) is 4. The van der Waals surface area contributed by atoms with Crippen LogP contribution in [0.2, 0.25) is 0 Å². The van der Waals surface area contributed by atoms with Gasteiger partial charge in [-0.2, -0.15) is 0 Å². The largest absolute Gasteiger partial charge is 0.383 e. The lowest BCUT2D eigenvalue weighted by Crippen LogP contribution is -2.52. The first kappa shape index (κ1) is 13.7. The van der Waals surface area contributed by atoms with Gasteiger partial charge in [-0.3, -0.25) is 4.99 Å². The van der Waals surface area contributed by atoms with Gasteiger partial charge in [-0.25, -0.2) is 0 Å². The van der Waals surface area contributed by atoms with Crippen LogP contribution in [0.4, 0.5) is 0 Å². The second-order valence-corrected chi connectivity index (χ2v) is 5.75. The summed E-state index contributed by atoms with van der Waals surface area (Å²) in [4.78, 5) is 6.82. The van der Waals surface area contributed by atoms with Crippen LogP contribution in [0.5, 0.6) is 0 Å². The highest BCUT2D eigenvalue weighted by Gasteiger charge is 2.42. The SMILES string of the molecule is CCC1CCCC2(CC1)CN=C(N)N2CCOC. The summed E-state index contributed by atoms with van der Waals surface area (Å²) >= 11 is 0. The van der Waals surface area contributed by atoms with Crippen molar-refractivity contribution in [2.45, 2.75) is 51.0 Å². The number of aliphatic imine (C=N–C) groups is 1. The summed E-state index contributed by atoms with van der Waals surface area (Å²) in [6.45, 7) is 4.81. The van der Waals surface area contributed by atoms with Crippen LogP contribution in [0.1, 0.15) is 45.4 Å². The molecule has 1 saturated carbocycles. The van der Waals surface area contributed by atoms with Crippen molar-refractivity contribution in [2.75, 3.05) is 26.8 Å². The maximum absolute atomic E-state index is 6.06. The van der Waals surface area contributed by atoms with E-state index in [9.17, 15) is 0 Å². The standard InChI is InChI=1S/C14H27N3O/c1-3-12-5-4-7-14(8-6-12)11-16-13(15)17(14)9-10-18-2/h12H,3-11H2,1-2H3,(H2,15,16). The number of hydrogen-bond donors (Lipinski definition) is 1. The van der Waals surface area contributed by atoms with E-state index in [-0.39, 0.29) is 5.54 Å². The maximum Gasteiger partial charge on any atom is 0.191 e. The number of guanidine groups is 1. The van der Waals surface area contributed by atoms with E-state index in [1.54, 1.807) is 7.11 Å². The average Bonchev–Trinajstić information content (AvgIpc) is 2.57. The molecule has 1 aliphatic carbocycles. The Balaban J connectivity index is 2.04. The number of nitrogens with zero attached hydrogens (tertiary/aromatic N) is 2. The topological polar surface area (TPSA) is 50.8 Å². The molecule has 2 aliphatic rings. The predicted octanol–water partition coefficient (Wildman–Crippen LogP) is 1.99. The molecule has 0 saturated heterocycles. The molecule has 104 valence electrons. The fourth-order valence-corrected chi connectivity index (χ4v) is 3.47. The van der Waals surface area contributed by atoms with Gasteiger partial charge in [-0.1, -0.05) is 26.2 Å². The normalized spacial score (nSPS) is 32.7. The van der Waals surface area contributed by atoms with Crippen molar-refractivity contribution < 1.29 is 4.74 Å². The molecule has 0 aromatic rings. The van der Waals surface area contributed by atoms with Gasteiger partial charge in [0.2, 0.25) is 0 Å². The molecule has 0 aromatic heterocycles. The Morgan fingerprint density at radius 3 is 3.00 bits per heavy atom. The molecule has 18 heavy (non-hydrogen) atoms. The Bertz CT molecular complexity index is 305. The molecule has 1 aliphatic heterocycles. The first-order valence-electron chi connectivity index (χ1n) is 7.28. The molecule has 1 fully saturated rings. The van der Waals surface area contributed by atoms with Crippen LogP contribution in [0, 0.1) is 5.92 Å². The second-order valence-electron chi connectivity index (χ2n) is 5.75. The van der Waals surface area contributed by atoms with Gasteiger partial charge in [0, 0.05) is 13.7 Å². The molecule has 2 N–H and O–H groups in total. The van der Waals surface area contributed by atoms with Gasteiger partial charge in [0.15, 0.2) is 5.96 Å². The summed E-state index contributed by atoms with van der Waals surface area (Å²) in [5.74, 6) is 1.62. The van der Waals surface area contributed by atoms with Gasteiger partial charge >= 0.3 is 0 Å². The number of rotatable bonds is 4. The van der Waals surface area contributed by atoms with E-state index in [1.807, 2.05) is 0 Å². The molecule has 2 rings (SSSR count). The van der Waals surface area contributed by atoms with Crippen molar-refractivity contribution >= 4 is 5.96 Å². The summed E-state index contributed by atoms with van der Waals surface area (Å²) < 4.78 is 5.21. The molecule has 2 unspecified atom stereocenters. The van der Waals surface area contributed by atoms with Gasteiger partial charge in [-0.15, -0.1) is 0 Å². The first-order chi connectivity index (χ1) is 8.72. The zero-order valence-electron chi connectivity index (χ0n) is 11.8. The third-order valence-electron chi connectivity index (χ3n) is 4.75. The molecular weight excluding hydrogens is 226 g/mol. The monoisotopic (exact) mass is 253 g/mol. The minimum Gasteiger partial charge on any atom is -0.383 e. The Morgan fingerprint density at radius 2 is 2.28 bits per heavy atom. The van der Waals surface area contributed by atoms with Crippen molar-refractivity contribution in [1.82, 2.24) is 4.90 Å². The van der Waals surface area contributed by atoms with E-state index in [1.165, 1.54) is 38.5 Å². The molecule has 0 aromatic carbocycles. The summed E-state index contributed by atoms with van der Waals surface area (Å²) in [5.41, 5.74) is 6.26. The molecule has 1 heterocycles. The Kier molecular flexibility index (Phi) is 4.49. The molecule has 4 nitrogen and oxygen atoms in total. The summed E-state index contributed by atoms with van der Waals surface area (Å²) in [7, 11) is 1.75. The second kappa shape index (κ2) is 5.91. The minimum absolute atomic E-state index is 0.201. The van der Waals surface area contributed by atoms with E-state index in [0.29, 0.717) is 0 Å². The molecule has 0 amide bonds. The Labute approximate surface area is 111 Å². The van der Waals surface area contributed by atoms with Crippen LogP contribution in [-0.2, 0) is 4.74 Å². The first-order valence-corrected chi connectivity index (χ1v) is 7.28. The van der Waals surface area contributed by atoms with Crippen molar-refractivity contribution in [3.8, 4) is 0 Å². The number of methoxy groups -OCH3 is 1. The van der Waals surface area contributed by atoms with Crippen LogP contribution in [0.15, 0.2) is 4.99 Å². The van der Waals surface area contributed by atoms with E-state index in [2.05, 4.69) is 16.8 Å². The third kappa shape index (κ3) is 2.63. The Hall–Kier alpha value is -0.770. The van der Waals surface area contributed by atoms with Crippen molar-refractivity contribution in [1.29, 1.82) is 0 Å². The van der Waals surface area contributed by atoms with Crippen LogP contribution >= 0.6 is 0 Å². The van der Waals surface area contributed by atoms with E-state index >= 15 is 0 Å². The van der Waals surface area contributed by atoms with Crippen LogP contribution in [0.3, 0.4) is 0 Å². The highest BCUT2D eigenvalue weighted by atomic mass is 16.5. The van der Waals surface area contributed by atoms with Crippen molar-refractivity contribution in [2.24, 2.45) is 16.6 Å². The molecule has 1 spiro atoms. The van der Waals surface area contributed by atoms with Gasteiger partial charge in [0.05, 0.1) is 18.7 Å². The summed E-state index contributed by atoms with van der Waals surface area (Å²) in [6.07, 6.45) is 7.78. The molecule has 2 atom stereocenters. The lowest BCUT2D eigenvalue weighted by molar-refractivity contribution is 0.117. The van der Waals surface area contributed by atoms with E-state index in [0.717, 1.165) is 31.6 Å². The fraction of sp³-hybridized carbons (Fsp3) is 0.929. The zero-order valence-corrected chi connectivity index (χ0v) is 11.8. The summed E-state index contributed by atoms with van der Waals surface area (Å²) in [5, 5.41) is 0. The van der Waals surface area contributed by atoms with Crippen LogP contribution in [0.25, 0.3) is 0 Å². The molecule has 0 radical (unpaired) electrons. The van der Waals surface area contributed by atoms with Crippen LogP contribution in [-0.4, -0.2) is 43.2 Å².